The Kier molecular flexibility index (Phi) is 4.90. The van der Waals surface area contributed by atoms with Gasteiger partial charge in [0, 0.05) is 15.8 Å². The predicted octanol–water partition coefficient (Wildman–Crippen LogP) is 6.03. The third kappa shape index (κ3) is 3.24. The molecule has 8 heteroatoms. The lowest BCUT2D eigenvalue weighted by Crippen LogP contribution is -2.24. The molecule has 0 saturated carbocycles. The van der Waals surface area contributed by atoms with E-state index in [1.807, 2.05) is 19.1 Å². The van der Waals surface area contributed by atoms with Gasteiger partial charge in [-0.25, -0.2) is 0 Å². The van der Waals surface area contributed by atoms with Crippen LogP contribution in [-0.2, 0) is 4.79 Å². The van der Waals surface area contributed by atoms with Crippen molar-refractivity contribution >= 4 is 74.4 Å². The largest absolute Gasteiger partial charge is 0.274 e. The van der Waals surface area contributed by atoms with Crippen LogP contribution in [-0.4, -0.2) is 11.0 Å². The lowest BCUT2D eigenvalue weighted by atomic mass is 9.96. The molecule has 3 rings (SSSR count). The monoisotopic (exact) mass is 406 g/mol. The second-order valence-corrected chi connectivity index (χ2v) is 8.01. The number of rotatable bonds is 3. The molecule has 0 radical (unpaired) electrons. The van der Waals surface area contributed by atoms with E-state index in [0.717, 1.165) is 4.88 Å². The van der Waals surface area contributed by atoms with Crippen LogP contribution in [0.2, 0.25) is 14.4 Å². The first-order valence-corrected chi connectivity index (χ1v) is 8.99. The molecule has 0 aliphatic carbocycles. The summed E-state index contributed by atoms with van der Waals surface area (Å²) in [4.78, 5) is 12.7. The minimum atomic E-state index is -0.572. The van der Waals surface area contributed by atoms with Crippen molar-refractivity contribution in [2.45, 2.75) is 13.0 Å². The highest BCUT2D eigenvalue weighted by atomic mass is 35.5. The molecule has 0 bridgehead atoms. The highest BCUT2D eigenvalue weighted by molar-refractivity contribution is 7.16. The Bertz CT molecular complexity index is 805. The topological polar surface area (TPSA) is 32.7 Å². The molecule has 0 amide bonds. The van der Waals surface area contributed by atoms with E-state index in [9.17, 15) is 4.79 Å². The summed E-state index contributed by atoms with van der Waals surface area (Å²) in [5.74, 6) is -0.193. The molecule has 23 heavy (non-hydrogen) atoms. The number of anilines is 1. The summed E-state index contributed by atoms with van der Waals surface area (Å²) in [6, 6.07) is 8.66. The number of hydrogen-bond acceptors (Lipinski definition) is 4. The molecule has 2 heterocycles. The lowest BCUT2D eigenvalue weighted by molar-refractivity contribution is -0.106. The smallest absolute Gasteiger partial charge is 0.268 e. The minimum Gasteiger partial charge on any atom is -0.274 e. The highest BCUT2D eigenvalue weighted by Crippen LogP contribution is 2.44. The Morgan fingerprint density at radius 2 is 1.96 bits per heavy atom. The maximum Gasteiger partial charge on any atom is 0.268 e. The Labute approximate surface area is 157 Å². The second kappa shape index (κ2) is 6.61. The number of carbonyl (C=O) groups is 1. The van der Waals surface area contributed by atoms with E-state index in [4.69, 9.17) is 46.4 Å². The van der Waals surface area contributed by atoms with Crippen molar-refractivity contribution in [3.05, 3.63) is 49.6 Å². The van der Waals surface area contributed by atoms with Gasteiger partial charge in [0.1, 0.15) is 5.71 Å². The lowest BCUT2D eigenvalue weighted by Gasteiger charge is -2.26. The van der Waals surface area contributed by atoms with E-state index in [0.29, 0.717) is 25.8 Å². The normalized spacial score (nSPS) is 20.7. The number of carbonyl (C=O) groups excluding carboxylic acids is 1. The van der Waals surface area contributed by atoms with Crippen LogP contribution < -0.4 is 5.01 Å². The molecule has 1 aromatic carbocycles. The van der Waals surface area contributed by atoms with Gasteiger partial charge in [-0.05, 0) is 41.9 Å². The molecular formula is C15H10Cl4N2OS. The van der Waals surface area contributed by atoms with Crippen molar-refractivity contribution in [1.29, 1.82) is 0 Å². The van der Waals surface area contributed by atoms with Gasteiger partial charge in [0.2, 0.25) is 0 Å². The van der Waals surface area contributed by atoms with Crippen LogP contribution in [0.15, 0.2) is 35.4 Å². The van der Waals surface area contributed by atoms with Crippen molar-refractivity contribution in [2.24, 2.45) is 11.0 Å². The molecule has 0 unspecified atom stereocenters. The third-order valence-electron chi connectivity index (χ3n) is 3.63. The first-order chi connectivity index (χ1) is 10.9. The van der Waals surface area contributed by atoms with Crippen molar-refractivity contribution < 1.29 is 4.79 Å². The molecule has 0 fully saturated rings. The molecule has 3 nitrogen and oxygen atoms in total. The average molecular weight is 408 g/mol. The van der Waals surface area contributed by atoms with Crippen molar-refractivity contribution in [2.75, 3.05) is 5.01 Å². The Morgan fingerprint density at radius 3 is 2.52 bits per heavy atom. The van der Waals surface area contributed by atoms with Gasteiger partial charge in [0.15, 0.2) is 0 Å². The Morgan fingerprint density at radius 1 is 1.22 bits per heavy atom. The highest BCUT2D eigenvalue weighted by Gasteiger charge is 2.40. The second-order valence-electron chi connectivity index (χ2n) is 5.07. The van der Waals surface area contributed by atoms with Gasteiger partial charge < -0.3 is 0 Å². The fraction of sp³-hybridized carbons (Fsp3) is 0.200. The van der Waals surface area contributed by atoms with Gasteiger partial charge in [-0.15, -0.1) is 11.3 Å². The van der Waals surface area contributed by atoms with Crippen LogP contribution >= 0.6 is 57.7 Å². The minimum absolute atomic E-state index is 0.193. The quantitative estimate of drug-likeness (QED) is 0.582. The molecule has 2 atom stereocenters. The zero-order chi connectivity index (χ0) is 16.7. The van der Waals surface area contributed by atoms with E-state index in [-0.39, 0.29) is 12.0 Å². The van der Waals surface area contributed by atoms with Crippen LogP contribution in [0.25, 0.3) is 0 Å². The number of hydrogen-bond donors (Lipinski definition) is 0. The standard InChI is InChI=1S/C15H10Cl4N2OS/c1-7-13(15(19)22)20-21(10-3-2-8(16)6-9(10)17)14(7)11-4-5-12(18)23-11/h2-7,14H,1H3/t7-,14-/m1/s1. The van der Waals surface area contributed by atoms with E-state index in [1.165, 1.54) is 11.3 Å². The number of benzene rings is 1. The molecule has 1 aliphatic rings. The zero-order valence-corrected chi connectivity index (χ0v) is 15.6. The molecule has 2 aromatic rings. The van der Waals surface area contributed by atoms with Crippen LogP contribution in [0.1, 0.15) is 17.8 Å². The number of hydrazone groups is 1. The van der Waals surface area contributed by atoms with Crippen LogP contribution in [0.5, 0.6) is 0 Å². The van der Waals surface area contributed by atoms with Crippen LogP contribution in [0.3, 0.4) is 0 Å². The molecule has 0 spiro atoms. The van der Waals surface area contributed by atoms with Gasteiger partial charge in [0.05, 0.1) is 21.1 Å². The van der Waals surface area contributed by atoms with E-state index < -0.39 is 5.24 Å². The summed E-state index contributed by atoms with van der Waals surface area (Å²) in [5, 5.41) is 6.51. The Hall–Kier alpha value is -0.780. The van der Waals surface area contributed by atoms with Gasteiger partial charge in [-0.2, -0.15) is 5.10 Å². The molecule has 1 aromatic heterocycles. The van der Waals surface area contributed by atoms with Crippen molar-refractivity contribution in [1.82, 2.24) is 0 Å². The number of thiophene rings is 1. The summed E-state index contributed by atoms with van der Waals surface area (Å²) < 4.78 is 0.667. The van der Waals surface area contributed by atoms with Crippen molar-refractivity contribution in [3.8, 4) is 0 Å². The average Bonchev–Trinajstić information content (AvgIpc) is 3.02. The van der Waals surface area contributed by atoms with Gasteiger partial charge >= 0.3 is 0 Å². The van der Waals surface area contributed by atoms with Gasteiger partial charge in [0.25, 0.3) is 5.24 Å². The summed E-state index contributed by atoms with van der Waals surface area (Å²) in [5.41, 5.74) is 0.956. The summed E-state index contributed by atoms with van der Waals surface area (Å²) in [7, 11) is 0. The maximum atomic E-state index is 11.7. The van der Waals surface area contributed by atoms with E-state index in [1.54, 1.807) is 23.2 Å². The van der Waals surface area contributed by atoms with Crippen LogP contribution in [0.4, 0.5) is 5.69 Å². The van der Waals surface area contributed by atoms with Gasteiger partial charge in [-0.1, -0.05) is 41.7 Å². The molecular weight excluding hydrogens is 398 g/mol. The first kappa shape index (κ1) is 17.1. The van der Waals surface area contributed by atoms with E-state index in [2.05, 4.69) is 5.10 Å². The van der Waals surface area contributed by atoms with E-state index >= 15 is 0 Å². The van der Waals surface area contributed by atoms with Crippen LogP contribution in [0, 0.1) is 5.92 Å². The first-order valence-electron chi connectivity index (χ1n) is 6.66. The van der Waals surface area contributed by atoms with Gasteiger partial charge in [-0.3, -0.25) is 9.80 Å². The fourth-order valence-electron chi connectivity index (χ4n) is 2.57. The fourth-order valence-corrected chi connectivity index (χ4v) is 4.53. The predicted molar refractivity (Wildman–Crippen MR) is 98.5 cm³/mol. The zero-order valence-electron chi connectivity index (χ0n) is 11.8. The molecule has 1 aliphatic heterocycles. The summed E-state index contributed by atoms with van der Waals surface area (Å²) in [6.07, 6.45) is 0. The third-order valence-corrected chi connectivity index (χ3v) is 5.66. The Balaban J connectivity index is 2.11. The molecule has 120 valence electrons. The summed E-state index contributed by atoms with van der Waals surface area (Å²) in [6.45, 7) is 1.90. The number of nitrogens with zero attached hydrogens (tertiary/aromatic N) is 2. The van der Waals surface area contributed by atoms with Crippen molar-refractivity contribution in [3.63, 3.8) is 0 Å². The number of halogens is 4. The maximum absolute atomic E-state index is 11.7. The summed E-state index contributed by atoms with van der Waals surface area (Å²) >= 11 is 25.4. The SMILES string of the molecule is C[C@@H]1C(C(=O)Cl)=NN(c2ccc(Cl)cc2Cl)[C@H]1c1ccc(Cl)s1. The molecule has 0 saturated heterocycles. The molecule has 0 N–H and O–H groups in total.